The molecule has 0 spiro atoms. The zero-order chi connectivity index (χ0) is 15.3. The Kier molecular flexibility index (Phi) is 5.69. The van der Waals surface area contributed by atoms with Crippen molar-refractivity contribution in [2.24, 2.45) is 11.7 Å². The Morgan fingerprint density at radius 1 is 1.43 bits per heavy atom. The minimum Gasteiger partial charge on any atom is -0.330 e. The van der Waals surface area contributed by atoms with Crippen LogP contribution in [0.4, 0.5) is 0 Å². The van der Waals surface area contributed by atoms with E-state index in [0.29, 0.717) is 32.7 Å². The standard InChI is InChI=1S/C14H24N4O2S/c1-2-17(11-13-5-7-16-8-6-13)21(19,20)18-9-3-4-14(10-15)12-18/h5-8,14H,2-4,9-12,15H2,1H3. The summed E-state index contributed by atoms with van der Waals surface area (Å²) in [5.41, 5.74) is 6.65. The van der Waals surface area contributed by atoms with Gasteiger partial charge in [0.1, 0.15) is 0 Å². The molecule has 7 heteroatoms. The summed E-state index contributed by atoms with van der Waals surface area (Å²) in [6.45, 7) is 4.36. The van der Waals surface area contributed by atoms with Crippen LogP contribution in [-0.2, 0) is 16.8 Å². The molecule has 0 aliphatic carbocycles. The molecule has 0 saturated carbocycles. The second-order valence-electron chi connectivity index (χ2n) is 5.39. The van der Waals surface area contributed by atoms with Gasteiger partial charge in [-0.3, -0.25) is 4.98 Å². The van der Waals surface area contributed by atoms with Gasteiger partial charge >= 0.3 is 0 Å². The van der Waals surface area contributed by atoms with Crippen molar-refractivity contribution in [1.29, 1.82) is 0 Å². The van der Waals surface area contributed by atoms with Crippen molar-refractivity contribution in [3.05, 3.63) is 30.1 Å². The molecule has 6 nitrogen and oxygen atoms in total. The lowest BCUT2D eigenvalue weighted by Gasteiger charge is -2.34. The highest BCUT2D eigenvalue weighted by molar-refractivity contribution is 7.86. The van der Waals surface area contributed by atoms with E-state index in [9.17, 15) is 8.42 Å². The Labute approximate surface area is 127 Å². The number of aromatic nitrogens is 1. The van der Waals surface area contributed by atoms with Crippen LogP contribution in [0.2, 0.25) is 0 Å². The first-order valence-electron chi connectivity index (χ1n) is 7.42. The molecule has 0 radical (unpaired) electrons. The quantitative estimate of drug-likeness (QED) is 0.843. The number of nitrogens with zero attached hydrogens (tertiary/aromatic N) is 3. The predicted molar refractivity (Wildman–Crippen MR) is 82.6 cm³/mol. The number of hydrogen-bond acceptors (Lipinski definition) is 4. The predicted octanol–water partition coefficient (Wildman–Crippen LogP) is 0.819. The third kappa shape index (κ3) is 4.00. The molecule has 1 saturated heterocycles. The van der Waals surface area contributed by atoms with Gasteiger partial charge < -0.3 is 5.73 Å². The van der Waals surface area contributed by atoms with E-state index in [4.69, 9.17) is 5.73 Å². The van der Waals surface area contributed by atoms with Crippen LogP contribution in [0, 0.1) is 5.92 Å². The molecule has 21 heavy (non-hydrogen) atoms. The number of pyridine rings is 1. The van der Waals surface area contributed by atoms with Gasteiger partial charge in [0.15, 0.2) is 0 Å². The molecule has 1 aliphatic rings. The molecule has 118 valence electrons. The SMILES string of the molecule is CCN(Cc1ccncc1)S(=O)(=O)N1CCCC(CN)C1. The monoisotopic (exact) mass is 312 g/mol. The normalized spacial score (nSPS) is 20.8. The second-order valence-corrected chi connectivity index (χ2v) is 7.32. The maximum atomic E-state index is 12.8. The first-order chi connectivity index (χ1) is 10.1. The second kappa shape index (κ2) is 7.31. The third-order valence-corrected chi connectivity index (χ3v) is 5.95. The summed E-state index contributed by atoms with van der Waals surface area (Å²) in [6.07, 6.45) is 5.26. The fraction of sp³-hybridized carbons (Fsp3) is 0.643. The summed E-state index contributed by atoms with van der Waals surface area (Å²) >= 11 is 0. The van der Waals surface area contributed by atoms with E-state index < -0.39 is 10.2 Å². The van der Waals surface area contributed by atoms with Gasteiger partial charge in [0.25, 0.3) is 10.2 Å². The number of nitrogens with two attached hydrogens (primary N) is 1. The molecule has 0 bridgehead atoms. The van der Waals surface area contributed by atoms with Crippen LogP contribution in [-0.4, -0.2) is 48.2 Å². The molecule has 2 rings (SSSR count). The minimum absolute atomic E-state index is 0.271. The van der Waals surface area contributed by atoms with E-state index in [1.807, 2.05) is 19.1 Å². The summed E-state index contributed by atoms with van der Waals surface area (Å²) in [4.78, 5) is 3.96. The minimum atomic E-state index is -3.42. The zero-order valence-corrected chi connectivity index (χ0v) is 13.3. The fourth-order valence-electron chi connectivity index (χ4n) is 2.64. The van der Waals surface area contributed by atoms with Crippen LogP contribution in [0.15, 0.2) is 24.5 Å². The summed E-state index contributed by atoms with van der Waals surface area (Å²) in [7, 11) is -3.42. The smallest absolute Gasteiger partial charge is 0.282 e. The fourth-order valence-corrected chi connectivity index (χ4v) is 4.36. The zero-order valence-electron chi connectivity index (χ0n) is 12.5. The molecular weight excluding hydrogens is 288 g/mol. The van der Waals surface area contributed by atoms with Gasteiger partial charge in [0.2, 0.25) is 0 Å². The van der Waals surface area contributed by atoms with Crippen molar-refractivity contribution >= 4 is 10.2 Å². The third-order valence-electron chi connectivity index (χ3n) is 3.93. The maximum absolute atomic E-state index is 12.8. The van der Waals surface area contributed by atoms with E-state index in [1.54, 1.807) is 16.7 Å². The lowest BCUT2D eigenvalue weighted by Crippen LogP contribution is -2.48. The molecule has 1 aromatic heterocycles. The van der Waals surface area contributed by atoms with Crippen LogP contribution < -0.4 is 5.73 Å². The highest BCUT2D eigenvalue weighted by Crippen LogP contribution is 2.21. The molecule has 1 fully saturated rings. The summed E-state index contributed by atoms with van der Waals surface area (Å²) in [6, 6.07) is 3.69. The van der Waals surface area contributed by atoms with Gasteiger partial charge in [0, 0.05) is 38.6 Å². The Hall–Kier alpha value is -1.02. The van der Waals surface area contributed by atoms with Crippen molar-refractivity contribution in [2.75, 3.05) is 26.2 Å². The van der Waals surface area contributed by atoms with Gasteiger partial charge in [-0.2, -0.15) is 17.0 Å². The summed E-state index contributed by atoms with van der Waals surface area (Å²) in [5.74, 6) is 0.271. The van der Waals surface area contributed by atoms with E-state index in [1.165, 1.54) is 4.31 Å². The van der Waals surface area contributed by atoms with Gasteiger partial charge in [-0.25, -0.2) is 0 Å². The van der Waals surface area contributed by atoms with Crippen LogP contribution in [0.25, 0.3) is 0 Å². The Balaban J connectivity index is 2.12. The molecule has 2 N–H and O–H groups in total. The molecule has 1 unspecified atom stereocenters. The lowest BCUT2D eigenvalue weighted by atomic mass is 10.0. The van der Waals surface area contributed by atoms with Gasteiger partial charge in [-0.05, 0) is 43.0 Å². The molecule has 1 aliphatic heterocycles. The summed E-state index contributed by atoms with van der Waals surface area (Å²) < 4.78 is 28.7. The van der Waals surface area contributed by atoms with E-state index in [2.05, 4.69) is 4.98 Å². The molecular formula is C14H24N4O2S. The van der Waals surface area contributed by atoms with Crippen LogP contribution in [0.5, 0.6) is 0 Å². The van der Waals surface area contributed by atoms with Gasteiger partial charge in [0.05, 0.1) is 0 Å². The van der Waals surface area contributed by atoms with Crippen molar-refractivity contribution in [1.82, 2.24) is 13.6 Å². The van der Waals surface area contributed by atoms with Crippen LogP contribution in [0.1, 0.15) is 25.3 Å². The highest BCUT2D eigenvalue weighted by atomic mass is 32.2. The van der Waals surface area contributed by atoms with Gasteiger partial charge in [-0.15, -0.1) is 0 Å². The average Bonchev–Trinajstić information content (AvgIpc) is 2.53. The Bertz CT molecular complexity index is 535. The number of hydrogen-bond donors (Lipinski definition) is 1. The first-order valence-corrected chi connectivity index (χ1v) is 8.81. The van der Waals surface area contributed by atoms with Crippen LogP contribution in [0.3, 0.4) is 0 Å². The first kappa shape index (κ1) is 16.4. The van der Waals surface area contributed by atoms with Crippen molar-refractivity contribution < 1.29 is 8.42 Å². The van der Waals surface area contributed by atoms with Crippen molar-refractivity contribution in [3.63, 3.8) is 0 Å². The Morgan fingerprint density at radius 2 is 2.14 bits per heavy atom. The van der Waals surface area contributed by atoms with E-state index >= 15 is 0 Å². The largest absolute Gasteiger partial charge is 0.330 e. The van der Waals surface area contributed by atoms with E-state index in [-0.39, 0.29) is 5.92 Å². The Morgan fingerprint density at radius 3 is 2.76 bits per heavy atom. The summed E-state index contributed by atoms with van der Waals surface area (Å²) in [5, 5.41) is 0. The average molecular weight is 312 g/mol. The number of rotatable bonds is 6. The molecule has 0 amide bonds. The van der Waals surface area contributed by atoms with Gasteiger partial charge in [-0.1, -0.05) is 6.92 Å². The molecule has 0 aromatic carbocycles. The van der Waals surface area contributed by atoms with Crippen LogP contribution >= 0.6 is 0 Å². The lowest BCUT2D eigenvalue weighted by molar-refractivity contribution is 0.250. The highest BCUT2D eigenvalue weighted by Gasteiger charge is 2.32. The van der Waals surface area contributed by atoms with Crippen molar-refractivity contribution in [2.45, 2.75) is 26.3 Å². The maximum Gasteiger partial charge on any atom is 0.282 e. The topological polar surface area (TPSA) is 79.5 Å². The van der Waals surface area contributed by atoms with E-state index in [0.717, 1.165) is 18.4 Å². The van der Waals surface area contributed by atoms with Crippen molar-refractivity contribution in [3.8, 4) is 0 Å². The molecule has 2 heterocycles. The molecule has 1 aromatic rings. The number of piperidine rings is 1. The molecule has 1 atom stereocenters.